The van der Waals surface area contributed by atoms with E-state index in [0.29, 0.717) is 12.5 Å². The molecule has 0 saturated carbocycles. The fourth-order valence-electron chi connectivity index (χ4n) is 3.77. The number of carbonyl (C=O) groups excluding carboxylic acids is 1. The maximum Gasteiger partial charge on any atom is 0.280 e. The third-order valence-electron chi connectivity index (χ3n) is 5.36. The predicted molar refractivity (Wildman–Crippen MR) is 106 cm³/mol. The number of aromatic nitrogens is 3. The van der Waals surface area contributed by atoms with Crippen LogP contribution in [0.2, 0.25) is 0 Å². The molecule has 0 bridgehead atoms. The van der Waals surface area contributed by atoms with E-state index in [1.165, 1.54) is 18.2 Å². The predicted octanol–water partition coefficient (Wildman–Crippen LogP) is 4.13. The van der Waals surface area contributed by atoms with Crippen LogP contribution in [0.1, 0.15) is 58.2 Å². The van der Waals surface area contributed by atoms with E-state index in [9.17, 15) is 13.6 Å². The number of nitrogens with zero attached hydrogens (tertiary/aromatic N) is 3. The number of fused-ring (bicyclic) bond motifs is 1. The second-order valence-corrected chi connectivity index (χ2v) is 7.42. The van der Waals surface area contributed by atoms with Crippen LogP contribution in [0, 0.1) is 0 Å². The Balaban J connectivity index is 1.64. The summed E-state index contributed by atoms with van der Waals surface area (Å²) in [5.74, 6) is 0.0369. The van der Waals surface area contributed by atoms with Crippen LogP contribution in [-0.4, -0.2) is 40.5 Å². The molecule has 3 aromatic rings. The van der Waals surface area contributed by atoms with Crippen molar-refractivity contribution in [2.75, 3.05) is 20.3 Å². The number of rotatable bonds is 7. The molecule has 0 radical (unpaired) electrons. The SMILES string of the molecule is COCc1cc2nc(C3CCOCC3)cn2cc1CC(=O)c1cccc(C(F)F)n1. The maximum absolute atomic E-state index is 12.9. The van der Waals surface area contributed by atoms with E-state index in [0.717, 1.165) is 48.5 Å². The van der Waals surface area contributed by atoms with Gasteiger partial charge in [-0.15, -0.1) is 0 Å². The molecule has 8 heteroatoms. The van der Waals surface area contributed by atoms with Gasteiger partial charge in [-0.3, -0.25) is 4.79 Å². The molecule has 158 valence electrons. The lowest BCUT2D eigenvalue weighted by Gasteiger charge is -2.19. The zero-order valence-corrected chi connectivity index (χ0v) is 16.7. The molecular weight excluding hydrogens is 392 g/mol. The van der Waals surface area contributed by atoms with Gasteiger partial charge < -0.3 is 13.9 Å². The van der Waals surface area contributed by atoms with Crippen LogP contribution < -0.4 is 0 Å². The zero-order valence-electron chi connectivity index (χ0n) is 16.7. The summed E-state index contributed by atoms with van der Waals surface area (Å²) >= 11 is 0. The van der Waals surface area contributed by atoms with Crippen molar-refractivity contribution in [1.82, 2.24) is 14.4 Å². The quantitative estimate of drug-likeness (QED) is 0.543. The van der Waals surface area contributed by atoms with Gasteiger partial charge in [-0.2, -0.15) is 0 Å². The van der Waals surface area contributed by atoms with E-state index in [-0.39, 0.29) is 17.9 Å². The van der Waals surface area contributed by atoms with Crippen LogP contribution in [0.5, 0.6) is 0 Å². The summed E-state index contributed by atoms with van der Waals surface area (Å²) in [7, 11) is 1.59. The number of imidazole rings is 1. The number of ketones is 1. The Labute approximate surface area is 172 Å². The van der Waals surface area contributed by atoms with Gasteiger partial charge >= 0.3 is 0 Å². The Morgan fingerprint density at radius 2 is 2.03 bits per heavy atom. The highest BCUT2D eigenvalue weighted by molar-refractivity contribution is 5.96. The second-order valence-electron chi connectivity index (χ2n) is 7.42. The maximum atomic E-state index is 12.9. The highest BCUT2D eigenvalue weighted by Gasteiger charge is 2.20. The lowest BCUT2D eigenvalue weighted by atomic mass is 9.97. The second kappa shape index (κ2) is 8.97. The molecule has 3 aromatic heterocycles. The van der Waals surface area contributed by atoms with Gasteiger partial charge in [0.25, 0.3) is 6.43 Å². The van der Waals surface area contributed by atoms with Crippen molar-refractivity contribution in [3.8, 4) is 0 Å². The van der Waals surface area contributed by atoms with Crippen LogP contribution in [0.15, 0.2) is 36.7 Å². The van der Waals surface area contributed by atoms with Crippen LogP contribution in [0.4, 0.5) is 8.78 Å². The molecule has 0 atom stereocenters. The molecule has 1 saturated heterocycles. The van der Waals surface area contributed by atoms with Gasteiger partial charge in [0, 0.05) is 45.1 Å². The summed E-state index contributed by atoms with van der Waals surface area (Å²) in [4.78, 5) is 21.3. The van der Waals surface area contributed by atoms with E-state index < -0.39 is 12.1 Å². The minimum absolute atomic E-state index is 0.0322. The summed E-state index contributed by atoms with van der Waals surface area (Å²) in [6.07, 6.45) is 3.06. The highest BCUT2D eigenvalue weighted by Crippen LogP contribution is 2.27. The number of Topliss-reactive ketones (excluding diaryl/α,β-unsaturated/α-hetero) is 1. The molecular formula is C22H23F2N3O3. The van der Waals surface area contributed by atoms with E-state index >= 15 is 0 Å². The lowest BCUT2D eigenvalue weighted by molar-refractivity contribution is 0.0846. The minimum atomic E-state index is -2.72. The number of hydrogen-bond donors (Lipinski definition) is 0. The molecule has 30 heavy (non-hydrogen) atoms. The molecule has 0 aromatic carbocycles. The number of carbonyl (C=O) groups is 1. The molecule has 0 spiro atoms. The third kappa shape index (κ3) is 4.39. The summed E-state index contributed by atoms with van der Waals surface area (Å²) in [6, 6.07) is 6.02. The monoisotopic (exact) mass is 415 g/mol. The first kappa shape index (κ1) is 20.6. The Bertz CT molecular complexity index is 1050. The average molecular weight is 415 g/mol. The van der Waals surface area contributed by atoms with Crippen LogP contribution >= 0.6 is 0 Å². The normalized spacial score (nSPS) is 15.2. The Morgan fingerprint density at radius 1 is 1.23 bits per heavy atom. The summed E-state index contributed by atoms with van der Waals surface area (Å²) in [6.45, 7) is 1.79. The van der Waals surface area contributed by atoms with E-state index in [4.69, 9.17) is 14.5 Å². The number of alkyl halides is 2. The smallest absolute Gasteiger partial charge is 0.280 e. The van der Waals surface area contributed by atoms with E-state index in [2.05, 4.69) is 4.98 Å². The molecule has 4 rings (SSSR count). The number of ether oxygens (including phenoxy) is 2. The third-order valence-corrected chi connectivity index (χ3v) is 5.36. The number of pyridine rings is 2. The van der Waals surface area contributed by atoms with Crippen LogP contribution in [0.3, 0.4) is 0 Å². The van der Waals surface area contributed by atoms with Gasteiger partial charge in [0.15, 0.2) is 5.78 Å². The Morgan fingerprint density at radius 3 is 2.77 bits per heavy atom. The van der Waals surface area contributed by atoms with Gasteiger partial charge in [0.05, 0.1) is 12.3 Å². The number of halogens is 2. The van der Waals surface area contributed by atoms with Crippen molar-refractivity contribution in [1.29, 1.82) is 0 Å². The highest BCUT2D eigenvalue weighted by atomic mass is 19.3. The van der Waals surface area contributed by atoms with E-state index in [1.807, 2.05) is 22.9 Å². The van der Waals surface area contributed by atoms with E-state index in [1.54, 1.807) is 7.11 Å². The lowest BCUT2D eigenvalue weighted by Crippen LogP contribution is -2.14. The molecule has 1 aliphatic rings. The minimum Gasteiger partial charge on any atom is -0.381 e. The van der Waals surface area contributed by atoms with Crippen molar-refractivity contribution in [2.24, 2.45) is 0 Å². The molecule has 0 unspecified atom stereocenters. The first-order chi connectivity index (χ1) is 14.5. The standard InChI is InChI=1S/C22H23F2N3O3/c1-29-13-16-10-21-26-19(14-5-7-30-8-6-14)12-27(21)11-15(16)9-20(28)17-3-2-4-18(25-17)22(23)24/h2-4,10-12,14,22H,5-9,13H2,1H3. The molecule has 0 amide bonds. The summed E-state index contributed by atoms with van der Waals surface area (Å²) in [5, 5.41) is 0. The Hall–Kier alpha value is -2.71. The number of hydrogen-bond acceptors (Lipinski definition) is 5. The van der Waals surface area contributed by atoms with Crippen molar-refractivity contribution < 1.29 is 23.0 Å². The van der Waals surface area contributed by atoms with Gasteiger partial charge in [0.1, 0.15) is 17.0 Å². The molecule has 0 aliphatic carbocycles. The average Bonchev–Trinajstić information content (AvgIpc) is 3.17. The van der Waals surface area contributed by atoms with Gasteiger partial charge in [-0.1, -0.05) is 6.07 Å². The van der Waals surface area contributed by atoms with Gasteiger partial charge in [-0.05, 0) is 42.2 Å². The van der Waals surface area contributed by atoms with Crippen molar-refractivity contribution in [3.05, 3.63) is 64.9 Å². The largest absolute Gasteiger partial charge is 0.381 e. The summed E-state index contributed by atoms with van der Waals surface area (Å²) in [5.41, 5.74) is 3.03. The topological polar surface area (TPSA) is 65.7 Å². The molecule has 0 N–H and O–H groups in total. The van der Waals surface area contributed by atoms with Crippen molar-refractivity contribution >= 4 is 11.4 Å². The zero-order chi connectivity index (χ0) is 21.1. The molecule has 1 aliphatic heterocycles. The van der Waals surface area contributed by atoms with Crippen LogP contribution in [0.25, 0.3) is 5.65 Å². The summed E-state index contributed by atoms with van der Waals surface area (Å²) < 4.78 is 38.5. The first-order valence-corrected chi connectivity index (χ1v) is 9.90. The van der Waals surface area contributed by atoms with Crippen molar-refractivity contribution in [2.45, 2.75) is 38.2 Å². The van der Waals surface area contributed by atoms with Gasteiger partial charge in [-0.25, -0.2) is 18.7 Å². The fourth-order valence-corrected chi connectivity index (χ4v) is 3.77. The first-order valence-electron chi connectivity index (χ1n) is 9.90. The fraction of sp³-hybridized carbons (Fsp3) is 0.409. The van der Waals surface area contributed by atoms with Crippen molar-refractivity contribution in [3.63, 3.8) is 0 Å². The van der Waals surface area contributed by atoms with Gasteiger partial charge in [0.2, 0.25) is 0 Å². The van der Waals surface area contributed by atoms with Crippen LogP contribution in [-0.2, 0) is 22.5 Å². The molecule has 6 nitrogen and oxygen atoms in total. The Kier molecular flexibility index (Phi) is 6.15. The number of methoxy groups -OCH3 is 1. The molecule has 4 heterocycles. The molecule has 1 fully saturated rings.